The number of aromatic nitrogens is 2. The van der Waals surface area contributed by atoms with E-state index in [2.05, 4.69) is 47.2 Å². The summed E-state index contributed by atoms with van der Waals surface area (Å²) in [4.78, 5) is 128. The van der Waals surface area contributed by atoms with Crippen LogP contribution in [-0.4, -0.2) is 170 Å². The summed E-state index contributed by atoms with van der Waals surface area (Å²) in [7, 11) is 0. The van der Waals surface area contributed by atoms with Gasteiger partial charge in [0.25, 0.3) is 0 Å². The molecule has 0 saturated carbocycles. The lowest BCUT2D eigenvalue weighted by Gasteiger charge is -2.26. The number of carboxylic acids is 1. The Hall–Kier alpha value is -7.80. The SMILES string of the molecule is CSCC[C@H](NC(=O)[C@H](Cc1ccccc1)NC(=O)[C@@H](N)Cc1c[nH]c2ccccc12)C(=O)N[C@@H](Cc1c[nH]c2ccccc12)C(=O)NCC(=O)N[C@H](C(=O)N[C@@H](CO)C(=O)NCC(=O)N1CCC[C@H]1C(=O)O)[C@@H](C)O. The standard InChI is InChI=1S/C52H65N11O12S/c1-29(65)45(51(73)61-41(28-64)48(70)57-27-44(67)63-19-10-17-42(63)52(74)75)62-43(66)26-56-47(69)40(23-32-25-55-37-16-9-7-14-34(32)37)60-49(71)38(18-20-76-2)58-50(72)39(21-30-11-4-3-5-12-30)59-46(68)35(53)22-31-24-54-36-15-8-6-13-33(31)36/h3-9,11-16,24-25,29,35,38-42,45,54-55,64-65H,10,17-23,26-28,53H2,1-2H3,(H,56,69)(H,57,70)(H,58,72)(H,59,68)(H,60,71)(H,61,73)(H,62,66)(H,74,75)/t29-,35+,38+,39+,40+,41+,42+,45+/m1/s1. The van der Waals surface area contributed by atoms with Gasteiger partial charge < -0.3 is 73.1 Å². The van der Waals surface area contributed by atoms with Gasteiger partial charge in [0.05, 0.1) is 31.8 Å². The molecule has 1 aliphatic rings. The Morgan fingerprint density at radius 3 is 1.83 bits per heavy atom. The van der Waals surface area contributed by atoms with E-state index < -0.39 is 121 Å². The lowest BCUT2D eigenvalue weighted by molar-refractivity contribution is -0.148. The number of aliphatic carboxylic acids is 1. The van der Waals surface area contributed by atoms with Crippen LogP contribution in [0, 0.1) is 0 Å². The molecule has 0 bridgehead atoms. The molecule has 1 fully saturated rings. The molecule has 0 radical (unpaired) electrons. The number of likely N-dealkylation sites (tertiary alicyclic amines) is 1. The molecule has 406 valence electrons. The third-order valence-electron chi connectivity index (χ3n) is 12.9. The number of aliphatic hydroxyl groups is 2. The topological polar surface area (TPSA) is 359 Å². The minimum Gasteiger partial charge on any atom is -0.480 e. The first kappa shape index (κ1) is 57.5. The molecule has 1 saturated heterocycles. The Labute approximate surface area is 441 Å². The van der Waals surface area contributed by atoms with Crippen LogP contribution in [0.4, 0.5) is 0 Å². The van der Waals surface area contributed by atoms with Crippen LogP contribution in [0.5, 0.6) is 0 Å². The molecule has 23 nitrogen and oxygen atoms in total. The molecule has 2 aromatic heterocycles. The van der Waals surface area contributed by atoms with Gasteiger partial charge in [-0.15, -0.1) is 0 Å². The number of aromatic amines is 2. The number of thioether (sulfide) groups is 1. The summed E-state index contributed by atoms with van der Waals surface area (Å²) in [5.74, 6) is -7.42. The number of nitrogens with zero attached hydrogens (tertiary/aromatic N) is 1. The monoisotopic (exact) mass is 1070 g/mol. The van der Waals surface area contributed by atoms with Crippen molar-refractivity contribution in [2.75, 3.05) is 38.2 Å². The number of benzene rings is 3. The van der Waals surface area contributed by atoms with Gasteiger partial charge in [-0.3, -0.25) is 38.4 Å². The molecule has 8 amide bonds. The maximum atomic E-state index is 14.4. The first-order valence-electron chi connectivity index (χ1n) is 24.7. The van der Waals surface area contributed by atoms with Gasteiger partial charge in [0.2, 0.25) is 47.3 Å². The third-order valence-corrected chi connectivity index (χ3v) is 13.6. The number of carbonyl (C=O) groups excluding carboxylic acids is 8. The van der Waals surface area contributed by atoms with Gasteiger partial charge >= 0.3 is 5.97 Å². The first-order valence-corrected chi connectivity index (χ1v) is 26.1. The Morgan fingerprint density at radius 2 is 1.21 bits per heavy atom. The molecule has 0 unspecified atom stereocenters. The largest absolute Gasteiger partial charge is 0.480 e. The van der Waals surface area contributed by atoms with Crippen molar-refractivity contribution in [3.63, 3.8) is 0 Å². The molecule has 24 heteroatoms. The zero-order valence-corrected chi connectivity index (χ0v) is 42.8. The molecule has 6 rings (SSSR count). The summed E-state index contributed by atoms with van der Waals surface area (Å²) in [6, 6.07) is 14.6. The zero-order valence-electron chi connectivity index (χ0n) is 42.0. The van der Waals surface area contributed by atoms with Crippen molar-refractivity contribution < 1.29 is 58.5 Å². The molecule has 1 aliphatic heterocycles. The van der Waals surface area contributed by atoms with Crippen molar-refractivity contribution in [3.8, 4) is 0 Å². The second-order valence-corrected chi connectivity index (χ2v) is 19.4. The highest BCUT2D eigenvalue weighted by atomic mass is 32.2. The molecular weight excluding hydrogens is 1000 g/mol. The number of hydrogen-bond acceptors (Lipinski definition) is 13. The van der Waals surface area contributed by atoms with E-state index in [9.17, 15) is 58.5 Å². The normalized spacial score (nSPS) is 16.0. The van der Waals surface area contributed by atoms with Gasteiger partial charge in [-0.25, -0.2) is 4.79 Å². The summed E-state index contributed by atoms with van der Waals surface area (Å²) in [5.41, 5.74) is 10.2. The quantitative estimate of drug-likeness (QED) is 0.0296. The lowest BCUT2D eigenvalue weighted by Crippen LogP contribution is -2.60. The number of rotatable bonds is 27. The predicted octanol–water partition coefficient (Wildman–Crippen LogP) is -1.14. The predicted molar refractivity (Wildman–Crippen MR) is 282 cm³/mol. The highest BCUT2D eigenvalue weighted by molar-refractivity contribution is 7.98. The first-order chi connectivity index (χ1) is 36.5. The number of hydrogen-bond donors (Lipinski definition) is 13. The number of para-hydroxylation sites is 2. The second kappa shape index (κ2) is 27.7. The van der Waals surface area contributed by atoms with Crippen LogP contribution in [0.1, 0.15) is 42.9 Å². The van der Waals surface area contributed by atoms with Crippen molar-refractivity contribution in [2.24, 2.45) is 5.73 Å². The Morgan fingerprint density at radius 1 is 0.671 bits per heavy atom. The number of H-pyrrole nitrogens is 2. The third kappa shape index (κ3) is 15.6. The van der Waals surface area contributed by atoms with E-state index in [1.54, 1.807) is 42.7 Å². The Kier molecular flexibility index (Phi) is 20.9. The Balaban J connectivity index is 1.12. The van der Waals surface area contributed by atoms with Crippen molar-refractivity contribution in [1.29, 1.82) is 0 Å². The molecule has 0 aliphatic carbocycles. The Bertz CT molecular complexity index is 2860. The number of amides is 8. The molecule has 0 spiro atoms. The van der Waals surface area contributed by atoms with Crippen LogP contribution in [0.15, 0.2) is 91.3 Å². The lowest BCUT2D eigenvalue weighted by atomic mass is 10.0. The summed E-state index contributed by atoms with van der Waals surface area (Å²) in [5, 5.41) is 49.1. The summed E-state index contributed by atoms with van der Waals surface area (Å²) in [6.07, 6.45) is 4.63. The van der Waals surface area contributed by atoms with Crippen LogP contribution < -0.4 is 43.0 Å². The average molecular weight is 1070 g/mol. The number of carbonyl (C=O) groups is 9. The van der Waals surface area contributed by atoms with Crippen LogP contribution in [0.3, 0.4) is 0 Å². The molecule has 76 heavy (non-hydrogen) atoms. The minimum atomic E-state index is -1.72. The van der Waals surface area contributed by atoms with E-state index in [1.807, 2.05) is 54.8 Å². The van der Waals surface area contributed by atoms with Gasteiger partial charge in [0.1, 0.15) is 36.3 Å². The second-order valence-electron chi connectivity index (χ2n) is 18.4. The fourth-order valence-corrected chi connectivity index (χ4v) is 9.30. The summed E-state index contributed by atoms with van der Waals surface area (Å²) < 4.78 is 0. The highest BCUT2D eigenvalue weighted by Gasteiger charge is 2.36. The minimum absolute atomic E-state index is 0.0523. The number of carboxylic acid groups (broad SMARTS) is 1. The number of aliphatic hydroxyl groups excluding tert-OH is 2. The molecule has 3 heterocycles. The van der Waals surface area contributed by atoms with E-state index in [1.165, 1.54) is 18.7 Å². The van der Waals surface area contributed by atoms with E-state index in [-0.39, 0.29) is 38.6 Å². The molecule has 3 aromatic carbocycles. The summed E-state index contributed by atoms with van der Waals surface area (Å²) in [6.45, 7) is -1.01. The highest BCUT2D eigenvalue weighted by Crippen LogP contribution is 2.21. The van der Waals surface area contributed by atoms with Gasteiger partial charge in [-0.2, -0.15) is 11.8 Å². The maximum absolute atomic E-state index is 14.4. The molecular formula is C52H65N11O12S. The van der Waals surface area contributed by atoms with Crippen LogP contribution >= 0.6 is 11.8 Å². The van der Waals surface area contributed by atoms with Crippen LogP contribution in [-0.2, 0) is 62.4 Å². The molecule has 14 N–H and O–H groups in total. The van der Waals surface area contributed by atoms with E-state index >= 15 is 0 Å². The summed E-state index contributed by atoms with van der Waals surface area (Å²) >= 11 is 1.41. The number of nitrogens with one attached hydrogen (secondary N) is 9. The number of fused-ring (bicyclic) bond motifs is 2. The smallest absolute Gasteiger partial charge is 0.326 e. The average Bonchev–Trinajstić information content (AvgIpc) is 4.18. The van der Waals surface area contributed by atoms with Crippen LogP contribution in [0.2, 0.25) is 0 Å². The van der Waals surface area contributed by atoms with Crippen molar-refractivity contribution in [2.45, 2.75) is 93.8 Å². The maximum Gasteiger partial charge on any atom is 0.326 e. The van der Waals surface area contributed by atoms with Gasteiger partial charge in [-0.1, -0.05) is 66.7 Å². The molecule has 5 aromatic rings. The fourth-order valence-electron chi connectivity index (χ4n) is 8.83. The van der Waals surface area contributed by atoms with E-state index in [0.29, 0.717) is 17.7 Å². The van der Waals surface area contributed by atoms with E-state index in [4.69, 9.17) is 5.73 Å². The van der Waals surface area contributed by atoms with Crippen molar-refractivity contribution >= 4 is 86.8 Å². The van der Waals surface area contributed by atoms with Crippen molar-refractivity contribution in [1.82, 2.24) is 52.1 Å². The van der Waals surface area contributed by atoms with Crippen molar-refractivity contribution in [3.05, 3.63) is 108 Å². The van der Waals surface area contributed by atoms with Gasteiger partial charge in [0, 0.05) is 53.6 Å². The molecule has 8 atom stereocenters. The number of nitrogens with two attached hydrogens (primary N) is 1. The van der Waals surface area contributed by atoms with Gasteiger partial charge in [0.15, 0.2) is 0 Å². The van der Waals surface area contributed by atoms with E-state index in [0.717, 1.165) is 37.8 Å². The fraction of sp³-hybridized carbons (Fsp3) is 0.404. The van der Waals surface area contributed by atoms with Gasteiger partial charge in [-0.05, 0) is 73.4 Å². The van der Waals surface area contributed by atoms with Crippen LogP contribution in [0.25, 0.3) is 21.8 Å². The zero-order chi connectivity index (χ0) is 54.9.